The largest absolute Gasteiger partial charge is 0.317 e. The molecule has 2 rings (SSSR count). The van der Waals surface area contributed by atoms with E-state index in [1.54, 1.807) is 0 Å². The summed E-state index contributed by atoms with van der Waals surface area (Å²) >= 11 is 0. The zero-order valence-electron chi connectivity index (χ0n) is 10.1. The highest BCUT2D eigenvalue weighted by Crippen LogP contribution is 2.15. The number of ketones is 1. The Kier molecular flexibility index (Phi) is 2.79. The lowest BCUT2D eigenvalue weighted by Crippen LogP contribution is -2.32. The molecule has 0 saturated carbocycles. The van der Waals surface area contributed by atoms with Crippen molar-refractivity contribution in [3.05, 3.63) is 35.4 Å². The van der Waals surface area contributed by atoms with E-state index in [-0.39, 0.29) is 11.8 Å². The van der Waals surface area contributed by atoms with Crippen LogP contribution in [-0.2, 0) is 9.59 Å². The molecule has 88 valence electrons. The van der Waals surface area contributed by atoms with Crippen molar-refractivity contribution in [1.82, 2.24) is 5.01 Å². The minimum Gasteiger partial charge on any atom is -0.281 e. The molecule has 4 heteroatoms. The van der Waals surface area contributed by atoms with E-state index in [1.165, 1.54) is 5.01 Å². The summed E-state index contributed by atoms with van der Waals surface area (Å²) in [5.41, 5.74) is 2.03. The van der Waals surface area contributed by atoms with Gasteiger partial charge < -0.3 is 0 Å². The van der Waals surface area contributed by atoms with Crippen molar-refractivity contribution in [3.63, 3.8) is 0 Å². The number of Topliss-reactive ketones (excluding diaryl/α,β-unsaturated/α-hetero) is 1. The number of amides is 1. The van der Waals surface area contributed by atoms with Gasteiger partial charge in [-0.3, -0.25) is 9.59 Å². The molecule has 0 atom stereocenters. The van der Waals surface area contributed by atoms with E-state index in [1.807, 2.05) is 45.0 Å². The van der Waals surface area contributed by atoms with Gasteiger partial charge in [-0.15, -0.1) is 0 Å². The molecule has 1 aromatic rings. The minimum absolute atomic E-state index is 0.102. The third-order valence-corrected chi connectivity index (χ3v) is 2.64. The Morgan fingerprint density at radius 3 is 2.18 bits per heavy atom. The van der Waals surface area contributed by atoms with Gasteiger partial charge in [0.2, 0.25) is 0 Å². The number of benzene rings is 1. The number of carbonyl (C=O) groups is 2. The SMILES string of the molecule is Cc1ccc(C2=NN(C(C)C)C(=O)C2=O)cc1. The van der Waals surface area contributed by atoms with Gasteiger partial charge >= 0.3 is 5.91 Å². The second-order valence-electron chi connectivity index (χ2n) is 4.39. The second kappa shape index (κ2) is 4.13. The highest BCUT2D eigenvalue weighted by Gasteiger charge is 2.35. The lowest BCUT2D eigenvalue weighted by atomic mass is 10.1. The molecule has 1 aliphatic heterocycles. The lowest BCUT2D eigenvalue weighted by molar-refractivity contribution is -0.140. The van der Waals surface area contributed by atoms with E-state index in [2.05, 4.69) is 5.10 Å². The molecule has 0 aliphatic carbocycles. The standard InChI is InChI=1S/C13H14N2O2/c1-8(2)15-13(17)12(16)11(14-15)10-6-4-9(3)5-7-10/h4-8H,1-3H3. The van der Waals surface area contributed by atoms with Gasteiger partial charge in [-0.1, -0.05) is 29.8 Å². The van der Waals surface area contributed by atoms with E-state index in [9.17, 15) is 9.59 Å². The summed E-state index contributed by atoms with van der Waals surface area (Å²) in [6.07, 6.45) is 0. The average Bonchev–Trinajstić information content (AvgIpc) is 2.58. The highest BCUT2D eigenvalue weighted by molar-refractivity contribution is 6.69. The summed E-state index contributed by atoms with van der Waals surface area (Å²) in [6, 6.07) is 7.31. The van der Waals surface area contributed by atoms with Crippen molar-refractivity contribution in [1.29, 1.82) is 0 Å². The van der Waals surface area contributed by atoms with E-state index >= 15 is 0 Å². The first-order valence-corrected chi connectivity index (χ1v) is 5.54. The Balaban J connectivity index is 2.39. The number of hydrazone groups is 1. The molecule has 4 nitrogen and oxygen atoms in total. The fourth-order valence-corrected chi connectivity index (χ4v) is 1.65. The molecular formula is C13H14N2O2. The van der Waals surface area contributed by atoms with Crippen LogP contribution in [0.4, 0.5) is 0 Å². The minimum atomic E-state index is -0.546. The van der Waals surface area contributed by atoms with Gasteiger partial charge in [-0.2, -0.15) is 5.10 Å². The Morgan fingerprint density at radius 2 is 1.71 bits per heavy atom. The van der Waals surface area contributed by atoms with Crippen molar-refractivity contribution in [2.45, 2.75) is 26.8 Å². The summed E-state index contributed by atoms with van der Waals surface area (Å²) in [4.78, 5) is 23.4. The van der Waals surface area contributed by atoms with E-state index in [0.29, 0.717) is 5.56 Å². The first-order chi connectivity index (χ1) is 8.00. The Hall–Kier alpha value is -1.97. The molecular weight excluding hydrogens is 216 g/mol. The third kappa shape index (κ3) is 1.98. The van der Waals surface area contributed by atoms with E-state index < -0.39 is 11.7 Å². The zero-order valence-corrected chi connectivity index (χ0v) is 10.1. The number of hydrogen-bond acceptors (Lipinski definition) is 3. The molecule has 0 unspecified atom stereocenters. The van der Waals surface area contributed by atoms with Crippen LogP contribution in [0.25, 0.3) is 0 Å². The zero-order chi connectivity index (χ0) is 12.6. The summed E-state index contributed by atoms with van der Waals surface area (Å²) in [5.74, 6) is -1.07. The smallest absolute Gasteiger partial charge is 0.281 e. The van der Waals surface area contributed by atoms with Crippen LogP contribution in [-0.4, -0.2) is 28.5 Å². The van der Waals surface area contributed by atoms with Crippen LogP contribution in [0.15, 0.2) is 29.4 Å². The molecule has 1 heterocycles. The first-order valence-electron chi connectivity index (χ1n) is 5.54. The van der Waals surface area contributed by atoms with Gasteiger partial charge in [0.25, 0.3) is 5.78 Å². The molecule has 0 saturated heterocycles. The van der Waals surface area contributed by atoms with Crippen LogP contribution >= 0.6 is 0 Å². The van der Waals surface area contributed by atoms with Gasteiger partial charge in [0.1, 0.15) is 5.71 Å². The molecule has 0 bridgehead atoms. The van der Waals surface area contributed by atoms with Crippen LogP contribution in [0.5, 0.6) is 0 Å². The van der Waals surface area contributed by atoms with Crippen molar-refractivity contribution in [3.8, 4) is 0 Å². The van der Waals surface area contributed by atoms with Crippen molar-refractivity contribution >= 4 is 17.4 Å². The molecule has 1 aliphatic rings. The monoisotopic (exact) mass is 230 g/mol. The molecule has 1 amide bonds. The topological polar surface area (TPSA) is 49.7 Å². The molecule has 0 spiro atoms. The van der Waals surface area contributed by atoms with E-state index in [0.717, 1.165) is 5.56 Å². The van der Waals surface area contributed by atoms with Crippen molar-refractivity contribution < 1.29 is 9.59 Å². The Morgan fingerprint density at radius 1 is 1.12 bits per heavy atom. The molecule has 1 aromatic carbocycles. The van der Waals surface area contributed by atoms with Crippen LogP contribution in [0.1, 0.15) is 25.0 Å². The number of carbonyl (C=O) groups excluding carboxylic acids is 2. The Labute approximate surface area is 99.9 Å². The molecule has 0 radical (unpaired) electrons. The van der Waals surface area contributed by atoms with Crippen LogP contribution in [0.2, 0.25) is 0 Å². The predicted molar refractivity (Wildman–Crippen MR) is 64.7 cm³/mol. The number of rotatable bonds is 2. The summed E-state index contributed by atoms with van der Waals surface area (Å²) in [6.45, 7) is 5.62. The fourth-order valence-electron chi connectivity index (χ4n) is 1.65. The average molecular weight is 230 g/mol. The van der Waals surface area contributed by atoms with Gasteiger partial charge in [-0.25, -0.2) is 5.01 Å². The molecule has 0 fully saturated rings. The quantitative estimate of drug-likeness (QED) is 0.723. The third-order valence-electron chi connectivity index (χ3n) is 2.64. The second-order valence-corrected chi connectivity index (χ2v) is 4.39. The summed E-state index contributed by atoms with van der Waals surface area (Å²) in [7, 11) is 0. The van der Waals surface area contributed by atoms with Crippen LogP contribution in [0.3, 0.4) is 0 Å². The lowest BCUT2D eigenvalue weighted by Gasteiger charge is -2.14. The predicted octanol–water partition coefficient (Wildman–Crippen LogP) is 1.52. The fraction of sp³-hybridized carbons (Fsp3) is 0.308. The van der Waals surface area contributed by atoms with E-state index in [4.69, 9.17) is 0 Å². The van der Waals surface area contributed by atoms with Gasteiger partial charge in [-0.05, 0) is 20.8 Å². The normalized spacial score (nSPS) is 15.8. The maximum absolute atomic E-state index is 11.8. The number of nitrogens with zero attached hydrogens (tertiary/aromatic N) is 2. The maximum Gasteiger partial charge on any atom is 0.317 e. The van der Waals surface area contributed by atoms with Gasteiger partial charge in [0.15, 0.2) is 0 Å². The molecule has 17 heavy (non-hydrogen) atoms. The summed E-state index contributed by atoms with van der Waals surface area (Å²) < 4.78 is 0. The van der Waals surface area contributed by atoms with Gasteiger partial charge in [0.05, 0.1) is 6.04 Å². The first kappa shape index (κ1) is 11.5. The molecule has 0 N–H and O–H groups in total. The number of aryl methyl sites for hydroxylation is 1. The van der Waals surface area contributed by atoms with Crippen molar-refractivity contribution in [2.24, 2.45) is 5.10 Å². The number of hydrogen-bond donors (Lipinski definition) is 0. The van der Waals surface area contributed by atoms with Crippen LogP contribution in [0, 0.1) is 6.92 Å². The van der Waals surface area contributed by atoms with Crippen LogP contribution < -0.4 is 0 Å². The maximum atomic E-state index is 11.8. The molecule has 0 aromatic heterocycles. The Bertz CT molecular complexity index is 501. The highest BCUT2D eigenvalue weighted by atomic mass is 16.2. The van der Waals surface area contributed by atoms with Gasteiger partial charge in [0, 0.05) is 5.56 Å². The van der Waals surface area contributed by atoms with Crippen molar-refractivity contribution in [2.75, 3.05) is 0 Å². The summed E-state index contributed by atoms with van der Waals surface area (Å²) in [5, 5.41) is 5.33.